The summed E-state index contributed by atoms with van der Waals surface area (Å²) in [6.07, 6.45) is 2.46. The topological polar surface area (TPSA) is 93.8 Å². The van der Waals surface area contributed by atoms with Gasteiger partial charge in [-0.15, -0.1) is 0 Å². The van der Waals surface area contributed by atoms with E-state index in [2.05, 4.69) is 5.32 Å². The number of nitrogens with one attached hydrogen (secondary N) is 3. The first-order chi connectivity index (χ1) is 5.42. The third-order valence-corrected chi connectivity index (χ3v) is 2.27. The molecule has 71 valence electrons. The fourth-order valence-electron chi connectivity index (χ4n) is 0.703. The van der Waals surface area contributed by atoms with Gasteiger partial charge in [0.15, 0.2) is 0 Å². The number of guanidine groups is 1. The van der Waals surface area contributed by atoms with Crippen LogP contribution in [0.5, 0.6) is 0 Å². The molecule has 0 spiro atoms. The lowest BCUT2D eigenvalue weighted by Gasteiger charge is -2.01. The van der Waals surface area contributed by atoms with Gasteiger partial charge >= 0.3 is 0 Å². The van der Waals surface area contributed by atoms with Crippen molar-refractivity contribution in [3.8, 4) is 0 Å². The summed E-state index contributed by atoms with van der Waals surface area (Å²) in [5.74, 6) is -0.144. The Hall–Kier alpha value is -0.780. The van der Waals surface area contributed by atoms with Gasteiger partial charge in [0, 0.05) is 18.6 Å². The molecule has 0 amide bonds. The van der Waals surface area contributed by atoms with E-state index in [1.54, 1.807) is 0 Å². The van der Waals surface area contributed by atoms with Crippen LogP contribution in [0.2, 0.25) is 0 Å². The minimum absolute atomic E-state index is 0.181. The Kier molecular flexibility index (Phi) is 4.65. The van der Waals surface area contributed by atoms with Gasteiger partial charge in [-0.3, -0.25) is 11.1 Å². The first kappa shape index (κ1) is 11.2. The highest BCUT2D eigenvalue weighted by molar-refractivity contribution is 7.90. The first-order valence-corrected chi connectivity index (χ1v) is 5.69. The van der Waals surface area contributed by atoms with Crippen LogP contribution in [0.3, 0.4) is 0 Å². The molecule has 3 N–H and O–H groups in total. The van der Waals surface area contributed by atoms with Crippen LogP contribution in [0, 0.1) is 5.41 Å². The monoisotopic (exact) mass is 192 g/mol. The lowest BCUT2D eigenvalue weighted by Crippen LogP contribution is -2.24. The summed E-state index contributed by atoms with van der Waals surface area (Å²) in [4.78, 5) is 0. The Balaban J connectivity index is 3.29. The Labute approximate surface area is 72.8 Å². The van der Waals surface area contributed by atoms with E-state index in [-0.39, 0.29) is 11.7 Å². The van der Waals surface area contributed by atoms with Crippen molar-refractivity contribution in [1.29, 1.82) is 5.41 Å². The van der Waals surface area contributed by atoms with Gasteiger partial charge in [0.05, 0.1) is 0 Å². The highest BCUT2D eigenvalue weighted by Gasteiger charge is 2.00. The maximum absolute atomic E-state index is 10.6. The van der Waals surface area contributed by atoms with Gasteiger partial charge in [0.2, 0.25) is 5.96 Å². The summed E-state index contributed by atoms with van der Waals surface area (Å²) < 4.78 is 21.3. The van der Waals surface area contributed by atoms with E-state index in [1.807, 2.05) is 0 Å². The molecule has 0 aromatic carbocycles. The molecule has 1 radical (unpaired) electrons. The van der Waals surface area contributed by atoms with Crippen molar-refractivity contribution in [3.63, 3.8) is 0 Å². The molecule has 0 heterocycles. The van der Waals surface area contributed by atoms with Crippen molar-refractivity contribution >= 4 is 15.8 Å². The maximum atomic E-state index is 10.6. The molecule has 0 saturated carbocycles. The van der Waals surface area contributed by atoms with E-state index in [9.17, 15) is 8.42 Å². The standard InChI is InChI=1S/C6H14N3O2S/c1-12(10,11)5-3-2-4-9-6(7)8/h7H,2-5H2,1H3,(H2,8,9). The zero-order valence-electron chi connectivity index (χ0n) is 7.05. The van der Waals surface area contributed by atoms with Crippen LogP contribution in [-0.4, -0.2) is 32.9 Å². The number of unbranched alkanes of at least 4 members (excludes halogenated alkanes) is 1. The Morgan fingerprint density at radius 3 is 2.42 bits per heavy atom. The molecule has 0 aliphatic rings. The number of hydrogen-bond acceptors (Lipinski definition) is 3. The van der Waals surface area contributed by atoms with Gasteiger partial charge in [-0.2, -0.15) is 0 Å². The molecule has 12 heavy (non-hydrogen) atoms. The summed E-state index contributed by atoms with van der Waals surface area (Å²) in [5, 5.41) is 9.18. The lowest BCUT2D eigenvalue weighted by molar-refractivity contribution is 0.597. The molecule has 0 rings (SSSR count). The molecule has 0 atom stereocenters. The van der Waals surface area contributed by atoms with Gasteiger partial charge in [-0.05, 0) is 12.8 Å². The van der Waals surface area contributed by atoms with E-state index >= 15 is 0 Å². The summed E-state index contributed by atoms with van der Waals surface area (Å²) >= 11 is 0. The van der Waals surface area contributed by atoms with Crippen LogP contribution in [-0.2, 0) is 9.84 Å². The van der Waals surface area contributed by atoms with Crippen LogP contribution in [0.15, 0.2) is 0 Å². The summed E-state index contributed by atoms with van der Waals surface area (Å²) in [6, 6.07) is 0. The number of rotatable bonds is 5. The Morgan fingerprint density at radius 1 is 1.42 bits per heavy atom. The highest BCUT2D eigenvalue weighted by Crippen LogP contribution is 1.92. The molecular formula is C6H14N3O2S. The molecule has 0 unspecified atom stereocenters. The van der Waals surface area contributed by atoms with E-state index in [0.29, 0.717) is 19.4 Å². The van der Waals surface area contributed by atoms with Crippen molar-refractivity contribution in [2.75, 3.05) is 18.6 Å². The predicted molar refractivity (Wildman–Crippen MR) is 47.8 cm³/mol. The second kappa shape index (κ2) is 4.97. The van der Waals surface area contributed by atoms with Gasteiger partial charge in [-0.1, -0.05) is 0 Å². The van der Waals surface area contributed by atoms with Crippen LogP contribution in [0.1, 0.15) is 12.8 Å². The van der Waals surface area contributed by atoms with Crippen molar-refractivity contribution in [2.45, 2.75) is 12.8 Å². The molecule has 0 saturated heterocycles. The lowest BCUT2D eigenvalue weighted by atomic mass is 10.3. The summed E-state index contributed by atoms with van der Waals surface area (Å²) in [6.45, 7) is 0.498. The smallest absolute Gasteiger partial charge is 0.207 e. The zero-order chi connectivity index (χ0) is 9.61. The molecule has 0 aromatic heterocycles. The average Bonchev–Trinajstić information content (AvgIpc) is 1.83. The van der Waals surface area contributed by atoms with Gasteiger partial charge in [-0.25, -0.2) is 8.42 Å². The third kappa shape index (κ3) is 9.22. The number of hydrogen-bond donors (Lipinski definition) is 2. The fraction of sp³-hybridized carbons (Fsp3) is 0.833. The van der Waals surface area contributed by atoms with E-state index in [0.717, 1.165) is 0 Å². The minimum Gasteiger partial charge on any atom is -0.355 e. The largest absolute Gasteiger partial charge is 0.355 e. The molecular weight excluding hydrogens is 178 g/mol. The highest BCUT2D eigenvalue weighted by atomic mass is 32.2. The maximum Gasteiger partial charge on any atom is 0.207 e. The Morgan fingerprint density at radius 2 is 2.00 bits per heavy atom. The third-order valence-electron chi connectivity index (χ3n) is 1.24. The number of sulfone groups is 1. The molecule has 0 fully saturated rings. The average molecular weight is 192 g/mol. The summed E-state index contributed by atoms with van der Waals surface area (Å²) in [7, 11) is -2.85. The van der Waals surface area contributed by atoms with Crippen LogP contribution >= 0.6 is 0 Å². The quantitative estimate of drug-likeness (QED) is 0.353. The molecule has 0 aliphatic carbocycles. The molecule has 0 bridgehead atoms. The SMILES string of the molecule is CS(=O)(=O)CCCCNC([NH])=N. The zero-order valence-corrected chi connectivity index (χ0v) is 7.87. The van der Waals surface area contributed by atoms with Gasteiger partial charge in [0.1, 0.15) is 9.84 Å². The van der Waals surface area contributed by atoms with Crippen LogP contribution < -0.4 is 11.1 Å². The van der Waals surface area contributed by atoms with Crippen molar-refractivity contribution < 1.29 is 8.42 Å². The van der Waals surface area contributed by atoms with Crippen molar-refractivity contribution in [2.24, 2.45) is 0 Å². The van der Waals surface area contributed by atoms with Crippen LogP contribution in [0.4, 0.5) is 0 Å². The fourth-order valence-corrected chi connectivity index (χ4v) is 1.43. The molecule has 6 heteroatoms. The molecule has 0 aliphatic heterocycles. The van der Waals surface area contributed by atoms with Gasteiger partial charge in [0.25, 0.3) is 0 Å². The second-order valence-corrected chi connectivity index (χ2v) is 4.90. The normalized spacial score (nSPS) is 11.1. The molecule has 5 nitrogen and oxygen atoms in total. The molecule has 0 aromatic rings. The van der Waals surface area contributed by atoms with Crippen molar-refractivity contribution in [3.05, 3.63) is 0 Å². The predicted octanol–water partition coefficient (Wildman–Crippen LogP) is -0.382. The Bertz CT molecular complexity index is 235. The van der Waals surface area contributed by atoms with E-state index in [1.165, 1.54) is 6.26 Å². The first-order valence-electron chi connectivity index (χ1n) is 3.63. The van der Waals surface area contributed by atoms with Crippen molar-refractivity contribution in [1.82, 2.24) is 11.1 Å². The van der Waals surface area contributed by atoms with E-state index in [4.69, 9.17) is 11.1 Å². The minimum atomic E-state index is -2.85. The van der Waals surface area contributed by atoms with Crippen LogP contribution in [0.25, 0.3) is 0 Å². The second-order valence-electron chi connectivity index (χ2n) is 2.64. The van der Waals surface area contributed by atoms with Gasteiger partial charge < -0.3 is 5.32 Å². The summed E-state index contributed by atoms with van der Waals surface area (Å²) in [5.41, 5.74) is 6.69. The van der Waals surface area contributed by atoms with E-state index < -0.39 is 9.84 Å².